The van der Waals surface area contributed by atoms with Gasteiger partial charge >= 0.3 is 0 Å². The SMILES string of the molecule is CCC(N)CC(=O)N[C@H](C)c1ccccc1F. The van der Waals surface area contributed by atoms with Crippen LogP contribution in [-0.2, 0) is 4.79 Å². The summed E-state index contributed by atoms with van der Waals surface area (Å²) in [4.78, 5) is 11.6. The topological polar surface area (TPSA) is 55.1 Å². The fraction of sp³-hybridized carbons (Fsp3) is 0.462. The van der Waals surface area contributed by atoms with E-state index in [2.05, 4.69) is 5.32 Å². The molecule has 4 heteroatoms. The number of halogens is 1. The maximum Gasteiger partial charge on any atom is 0.222 e. The lowest BCUT2D eigenvalue weighted by Gasteiger charge is -2.16. The summed E-state index contributed by atoms with van der Waals surface area (Å²) >= 11 is 0. The maximum absolute atomic E-state index is 13.4. The molecule has 0 saturated carbocycles. The molecular formula is C13H19FN2O. The van der Waals surface area contributed by atoms with Crippen LogP contribution in [0.2, 0.25) is 0 Å². The Morgan fingerprint density at radius 2 is 2.12 bits per heavy atom. The van der Waals surface area contributed by atoms with E-state index in [1.54, 1.807) is 25.1 Å². The molecule has 0 spiro atoms. The van der Waals surface area contributed by atoms with Gasteiger partial charge in [0.15, 0.2) is 0 Å². The fourth-order valence-corrected chi connectivity index (χ4v) is 1.59. The monoisotopic (exact) mass is 238 g/mol. The summed E-state index contributed by atoms with van der Waals surface area (Å²) in [5.74, 6) is -0.449. The van der Waals surface area contributed by atoms with Crippen molar-refractivity contribution in [3.8, 4) is 0 Å². The molecule has 0 aliphatic carbocycles. The van der Waals surface area contributed by atoms with Crippen molar-refractivity contribution >= 4 is 5.91 Å². The van der Waals surface area contributed by atoms with Gasteiger partial charge in [-0.3, -0.25) is 4.79 Å². The first-order valence-corrected chi connectivity index (χ1v) is 5.84. The third-order valence-corrected chi connectivity index (χ3v) is 2.72. The summed E-state index contributed by atoms with van der Waals surface area (Å²) < 4.78 is 13.4. The Labute approximate surface area is 101 Å². The van der Waals surface area contributed by atoms with Crippen LogP contribution in [0, 0.1) is 5.82 Å². The van der Waals surface area contributed by atoms with Gasteiger partial charge in [-0.15, -0.1) is 0 Å². The standard InChI is InChI=1S/C13H19FN2O/c1-3-10(15)8-13(17)16-9(2)11-6-4-5-7-12(11)14/h4-7,9-10H,3,8,15H2,1-2H3,(H,16,17)/t9-,10?/m1/s1. The Balaban J connectivity index is 2.58. The Bertz CT molecular complexity index is 381. The second kappa shape index (κ2) is 6.35. The Hall–Kier alpha value is -1.42. The van der Waals surface area contributed by atoms with Crippen LogP contribution in [0.4, 0.5) is 4.39 Å². The van der Waals surface area contributed by atoms with Crippen molar-refractivity contribution in [3.63, 3.8) is 0 Å². The van der Waals surface area contributed by atoms with E-state index in [1.807, 2.05) is 6.92 Å². The molecule has 1 aromatic rings. The predicted molar refractivity (Wildman–Crippen MR) is 65.8 cm³/mol. The molecule has 3 N–H and O–H groups in total. The van der Waals surface area contributed by atoms with Crippen LogP contribution >= 0.6 is 0 Å². The Morgan fingerprint density at radius 3 is 2.71 bits per heavy atom. The van der Waals surface area contributed by atoms with Crippen LogP contribution in [-0.4, -0.2) is 11.9 Å². The van der Waals surface area contributed by atoms with Crippen molar-refractivity contribution in [2.75, 3.05) is 0 Å². The lowest BCUT2D eigenvalue weighted by molar-refractivity contribution is -0.122. The van der Waals surface area contributed by atoms with Crippen molar-refractivity contribution in [2.45, 2.75) is 38.8 Å². The van der Waals surface area contributed by atoms with Gasteiger partial charge < -0.3 is 11.1 Å². The van der Waals surface area contributed by atoms with Crippen molar-refractivity contribution in [2.24, 2.45) is 5.73 Å². The number of hydrogen-bond donors (Lipinski definition) is 2. The molecule has 1 amide bonds. The maximum atomic E-state index is 13.4. The minimum Gasteiger partial charge on any atom is -0.349 e. The third kappa shape index (κ3) is 4.15. The van der Waals surface area contributed by atoms with Gasteiger partial charge in [-0.05, 0) is 19.4 Å². The summed E-state index contributed by atoms with van der Waals surface area (Å²) in [5, 5.41) is 2.74. The lowest BCUT2D eigenvalue weighted by atomic mass is 10.1. The van der Waals surface area contributed by atoms with Crippen LogP contribution in [0.3, 0.4) is 0 Å². The Kier molecular flexibility index (Phi) is 5.10. The van der Waals surface area contributed by atoms with Gasteiger partial charge in [0.1, 0.15) is 5.82 Å². The smallest absolute Gasteiger partial charge is 0.222 e. The largest absolute Gasteiger partial charge is 0.349 e. The summed E-state index contributed by atoms with van der Waals surface area (Å²) in [6.45, 7) is 3.69. The summed E-state index contributed by atoms with van der Waals surface area (Å²) in [7, 11) is 0. The van der Waals surface area contributed by atoms with Gasteiger partial charge in [-0.2, -0.15) is 0 Å². The number of amides is 1. The van der Waals surface area contributed by atoms with E-state index in [0.29, 0.717) is 5.56 Å². The molecule has 94 valence electrons. The minimum atomic E-state index is -0.340. The first-order valence-electron chi connectivity index (χ1n) is 5.84. The zero-order valence-corrected chi connectivity index (χ0v) is 10.2. The van der Waals surface area contributed by atoms with Crippen molar-refractivity contribution < 1.29 is 9.18 Å². The van der Waals surface area contributed by atoms with Gasteiger partial charge in [0.05, 0.1) is 6.04 Å². The van der Waals surface area contributed by atoms with Crippen molar-refractivity contribution in [3.05, 3.63) is 35.6 Å². The van der Waals surface area contributed by atoms with Gasteiger partial charge in [0.25, 0.3) is 0 Å². The molecule has 1 aromatic carbocycles. The fourth-order valence-electron chi connectivity index (χ4n) is 1.59. The quantitative estimate of drug-likeness (QED) is 0.825. The molecule has 0 bridgehead atoms. The van der Waals surface area contributed by atoms with Gasteiger partial charge in [0, 0.05) is 18.0 Å². The number of nitrogens with two attached hydrogens (primary N) is 1. The molecule has 0 saturated heterocycles. The van der Waals surface area contributed by atoms with Crippen LogP contribution in [0.15, 0.2) is 24.3 Å². The molecule has 0 fully saturated rings. The van der Waals surface area contributed by atoms with E-state index in [1.165, 1.54) is 6.07 Å². The zero-order valence-electron chi connectivity index (χ0n) is 10.2. The average Bonchev–Trinajstić information content (AvgIpc) is 2.29. The molecule has 1 unspecified atom stereocenters. The van der Waals surface area contributed by atoms with Crippen molar-refractivity contribution in [1.29, 1.82) is 0 Å². The molecule has 0 heterocycles. The number of hydrogen-bond acceptors (Lipinski definition) is 2. The second-order valence-electron chi connectivity index (χ2n) is 4.18. The number of carbonyl (C=O) groups excluding carboxylic acids is 1. The highest BCUT2D eigenvalue weighted by Gasteiger charge is 2.14. The van der Waals surface area contributed by atoms with Crippen molar-refractivity contribution in [1.82, 2.24) is 5.32 Å². The zero-order chi connectivity index (χ0) is 12.8. The van der Waals surface area contributed by atoms with E-state index in [0.717, 1.165) is 6.42 Å². The lowest BCUT2D eigenvalue weighted by Crippen LogP contribution is -2.33. The molecule has 0 aliphatic heterocycles. The minimum absolute atomic E-state index is 0.136. The molecule has 0 aromatic heterocycles. The summed E-state index contributed by atoms with van der Waals surface area (Å²) in [6.07, 6.45) is 1.02. The van der Waals surface area contributed by atoms with Gasteiger partial charge in [-0.1, -0.05) is 25.1 Å². The Morgan fingerprint density at radius 1 is 1.47 bits per heavy atom. The predicted octanol–water partition coefficient (Wildman–Crippen LogP) is 2.13. The highest BCUT2D eigenvalue weighted by atomic mass is 19.1. The van der Waals surface area contributed by atoms with E-state index in [9.17, 15) is 9.18 Å². The third-order valence-electron chi connectivity index (χ3n) is 2.72. The molecule has 0 radical (unpaired) electrons. The average molecular weight is 238 g/mol. The van der Waals surface area contributed by atoms with E-state index in [-0.39, 0.29) is 30.2 Å². The highest BCUT2D eigenvalue weighted by Crippen LogP contribution is 2.16. The number of benzene rings is 1. The molecule has 1 rings (SSSR count). The van der Waals surface area contributed by atoms with E-state index >= 15 is 0 Å². The van der Waals surface area contributed by atoms with Gasteiger partial charge in [0.2, 0.25) is 5.91 Å². The van der Waals surface area contributed by atoms with E-state index in [4.69, 9.17) is 5.73 Å². The van der Waals surface area contributed by atoms with E-state index < -0.39 is 0 Å². The molecule has 0 aliphatic rings. The number of carbonyl (C=O) groups is 1. The van der Waals surface area contributed by atoms with Crippen LogP contribution in [0.25, 0.3) is 0 Å². The van der Waals surface area contributed by atoms with Crippen LogP contribution < -0.4 is 11.1 Å². The second-order valence-corrected chi connectivity index (χ2v) is 4.18. The first kappa shape index (κ1) is 13.6. The summed E-state index contributed by atoms with van der Waals surface area (Å²) in [5.41, 5.74) is 6.17. The highest BCUT2D eigenvalue weighted by molar-refractivity contribution is 5.77. The first-order chi connectivity index (χ1) is 8.04. The number of nitrogens with one attached hydrogen (secondary N) is 1. The molecule has 17 heavy (non-hydrogen) atoms. The molecule has 2 atom stereocenters. The molecular weight excluding hydrogens is 219 g/mol. The number of rotatable bonds is 5. The summed E-state index contributed by atoms with van der Waals surface area (Å²) in [6, 6.07) is 5.95. The van der Waals surface area contributed by atoms with Crippen LogP contribution in [0.1, 0.15) is 38.3 Å². The molecule has 3 nitrogen and oxygen atoms in total. The van der Waals surface area contributed by atoms with Crippen LogP contribution in [0.5, 0.6) is 0 Å². The normalized spacial score (nSPS) is 14.1. The van der Waals surface area contributed by atoms with Gasteiger partial charge in [-0.25, -0.2) is 4.39 Å².